The summed E-state index contributed by atoms with van der Waals surface area (Å²) in [5.41, 5.74) is 0. The summed E-state index contributed by atoms with van der Waals surface area (Å²) in [6.45, 7) is 16.6. The molecule has 1 heterocycles. The Hall–Kier alpha value is -0.810. The second kappa shape index (κ2) is 12.6. The van der Waals surface area contributed by atoms with E-state index in [-0.39, 0.29) is 0 Å². The molecule has 0 aromatic carbocycles. The summed E-state index contributed by atoms with van der Waals surface area (Å²) in [7, 11) is 0. The zero-order valence-corrected chi connectivity index (χ0v) is 15.7. The summed E-state index contributed by atoms with van der Waals surface area (Å²) < 4.78 is 5.59. The first kappa shape index (κ1) is 20.2. The third-order valence-electron chi connectivity index (χ3n) is 4.11. The molecule has 1 aliphatic rings. The van der Waals surface area contributed by atoms with E-state index < -0.39 is 0 Å². The molecule has 0 aromatic rings. The Morgan fingerprint density at radius 1 is 1.26 bits per heavy atom. The SMILES string of the molecule is CCNC(=NCCCN1CCC(C)CC1)NCCOCC(C)C. The number of hydrogen-bond donors (Lipinski definition) is 2. The van der Waals surface area contributed by atoms with Crippen molar-refractivity contribution in [2.45, 2.75) is 47.0 Å². The van der Waals surface area contributed by atoms with Crippen LogP contribution < -0.4 is 10.6 Å². The quantitative estimate of drug-likeness (QED) is 0.367. The number of hydrogen-bond acceptors (Lipinski definition) is 3. The maximum atomic E-state index is 5.59. The molecule has 23 heavy (non-hydrogen) atoms. The van der Waals surface area contributed by atoms with E-state index >= 15 is 0 Å². The Balaban J connectivity index is 2.13. The normalized spacial score (nSPS) is 17.7. The first-order valence-corrected chi connectivity index (χ1v) is 9.44. The van der Waals surface area contributed by atoms with Gasteiger partial charge in [0.1, 0.15) is 0 Å². The van der Waals surface area contributed by atoms with Gasteiger partial charge >= 0.3 is 0 Å². The lowest BCUT2D eigenvalue weighted by atomic mass is 9.99. The molecule has 1 rings (SSSR count). The summed E-state index contributed by atoms with van der Waals surface area (Å²) in [4.78, 5) is 7.24. The van der Waals surface area contributed by atoms with Crippen molar-refractivity contribution in [1.29, 1.82) is 0 Å². The number of nitrogens with one attached hydrogen (secondary N) is 2. The van der Waals surface area contributed by atoms with E-state index in [2.05, 4.69) is 48.2 Å². The molecule has 0 bridgehead atoms. The fourth-order valence-corrected chi connectivity index (χ4v) is 2.67. The number of likely N-dealkylation sites (tertiary alicyclic amines) is 1. The molecule has 0 spiro atoms. The van der Waals surface area contributed by atoms with Crippen LogP contribution in [0.15, 0.2) is 4.99 Å². The van der Waals surface area contributed by atoms with E-state index in [1.807, 2.05) is 0 Å². The number of rotatable bonds is 10. The first-order valence-electron chi connectivity index (χ1n) is 9.44. The zero-order valence-electron chi connectivity index (χ0n) is 15.7. The van der Waals surface area contributed by atoms with Gasteiger partial charge in [-0.2, -0.15) is 0 Å². The molecule has 0 radical (unpaired) electrons. The second-order valence-corrected chi connectivity index (χ2v) is 7.03. The molecule has 2 N–H and O–H groups in total. The molecule has 0 amide bonds. The van der Waals surface area contributed by atoms with Gasteiger partial charge in [0.2, 0.25) is 0 Å². The Morgan fingerprint density at radius 3 is 2.65 bits per heavy atom. The van der Waals surface area contributed by atoms with E-state index in [0.29, 0.717) is 5.92 Å². The minimum Gasteiger partial charge on any atom is -0.379 e. The summed E-state index contributed by atoms with van der Waals surface area (Å²) in [6.07, 6.45) is 3.84. The average molecular weight is 327 g/mol. The van der Waals surface area contributed by atoms with Crippen LogP contribution in [-0.2, 0) is 4.74 Å². The van der Waals surface area contributed by atoms with Gasteiger partial charge in [0.25, 0.3) is 0 Å². The average Bonchev–Trinajstić information content (AvgIpc) is 2.52. The predicted molar refractivity (Wildman–Crippen MR) is 99.1 cm³/mol. The lowest BCUT2D eigenvalue weighted by molar-refractivity contribution is 0.114. The van der Waals surface area contributed by atoms with Gasteiger partial charge in [0.05, 0.1) is 6.61 Å². The van der Waals surface area contributed by atoms with Crippen LogP contribution in [0.5, 0.6) is 0 Å². The van der Waals surface area contributed by atoms with Crippen molar-refractivity contribution in [3.63, 3.8) is 0 Å². The van der Waals surface area contributed by atoms with Crippen LogP contribution in [0.1, 0.15) is 47.0 Å². The molecule has 0 aliphatic carbocycles. The topological polar surface area (TPSA) is 48.9 Å². The van der Waals surface area contributed by atoms with Gasteiger partial charge in [-0.05, 0) is 57.7 Å². The molecule has 1 saturated heterocycles. The molecule has 0 unspecified atom stereocenters. The summed E-state index contributed by atoms with van der Waals surface area (Å²) in [6, 6.07) is 0. The van der Waals surface area contributed by atoms with Gasteiger partial charge in [-0.3, -0.25) is 4.99 Å². The van der Waals surface area contributed by atoms with Crippen LogP contribution in [0.2, 0.25) is 0 Å². The number of ether oxygens (including phenoxy) is 1. The van der Waals surface area contributed by atoms with E-state index in [1.54, 1.807) is 0 Å². The van der Waals surface area contributed by atoms with Crippen molar-refractivity contribution >= 4 is 5.96 Å². The van der Waals surface area contributed by atoms with Crippen LogP contribution in [0, 0.1) is 11.8 Å². The molecular formula is C18H38N4O. The molecule has 0 saturated carbocycles. The second-order valence-electron chi connectivity index (χ2n) is 7.03. The van der Waals surface area contributed by atoms with Gasteiger partial charge in [0, 0.05) is 26.2 Å². The number of nitrogens with zero attached hydrogens (tertiary/aromatic N) is 2. The summed E-state index contributed by atoms with van der Waals surface area (Å²) in [5.74, 6) is 2.41. The first-order chi connectivity index (χ1) is 11.1. The number of guanidine groups is 1. The maximum Gasteiger partial charge on any atom is 0.191 e. The zero-order chi connectivity index (χ0) is 16.9. The highest BCUT2D eigenvalue weighted by Gasteiger charge is 2.14. The van der Waals surface area contributed by atoms with Crippen LogP contribution in [0.3, 0.4) is 0 Å². The molecule has 1 fully saturated rings. The highest BCUT2D eigenvalue weighted by molar-refractivity contribution is 5.79. The third kappa shape index (κ3) is 10.6. The van der Waals surface area contributed by atoms with E-state index in [0.717, 1.165) is 51.1 Å². The molecular weight excluding hydrogens is 288 g/mol. The Kier molecular flexibility index (Phi) is 11.1. The third-order valence-corrected chi connectivity index (χ3v) is 4.11. The Bertz CT molecular complexity index is 312. The van der Waals surface area contributed by atoms with E-state index in [1.165, 1.54) is 32.5 Å². The standard InChI is InChI=1S/C18H38N4O/c1-5-19-18(21-10-14-23-15-16(2)3)20-9-6-11-22-12-7-17(4)8-13-22/h16-17H,5-15H2,1-4H3,(H2,19,20,21). The van der Waals surface area contributed by atoms with Crippen LogP contribution in [0.25, 0.3) is 0 Å². The highest BCUT2D eigenvalue weighted by atomic mass is 16.5. The molecule has 5 heteroatoms. The maximum absolute atomic E-state index is 5.59. The minimum absolute atomic E-state index is 0.592. The predicted octanol–water partition coefficient (Wildman–Crippen LogP) is 2.34. The van der Waals surface area contributed by atoms with Gasteiger partial charge in [0.15, 0.2) is 5.96 Å². The van der Waals surface area contributed by atoms with Gasteiger partial charge in [-0.15, -0.1) is 0 Å². The largest absolute Gasteiger partial charge is 0.379 e. The number of piperidine rings is 1. The van der Waals surface area contributed by atoms with Gasteiger partial charge < -0.3 is 20.3 Å². The molecule has 0 atom stereocenters. The Labute approximate surface area is 143 Å². The smallest absolute Gasteiger partial charge is 0.191 e. The van der Waals surface area contributed by atoms with Crippen molar-refractivity contribution in [3.8, 4) is 0 Å². The summed E-state index contributed by atoms with van der Waals surface area (Å²) in [5, 5.41) is 6.64. The van der Waals surface area contributed by atoms with Crippen LogP contribution >= 0.6 is 0 Å². The van der Waals surface area contributed by atoms with Crippen molar-refractivity contribution in [1.82, 2.24) is 15.5 Å². The monoisotopic (exact) mass is 326 g/mol. The van der Waals surface area contributed by atoms with E-state index in [9.17, 15) is 0 Å². The van der Waals surface area contributed by atoms with Gasteiger partial charge in [-0.25, -0.2) is 0 Å². The summed E-state index contributed by atoms with van der Waals surface area (Å²) >= 11 is 0. The lowest BCUT2D eigenvalue weighted by Crippen LogP contribution is -2.39. The molecule has 0 aromatic heterocycles. The molecule has 136 valence electrons. The van der Waals surface area contributed by atoms with Crippen molar-refractivity contribution in [2.24, 2.45) is 16.8 Å². The van der Waals surface area contributed by atoms with Crippen LogP contribution in [0.4, 0.5) is 0 Å². The molecule has 1 aliphatic heterocycles. The van der Waals surface area contributed by atoms with Crippen molar-refractivity contribution < 1.29 is 4.74 Å². The fraction of sp³-hybridized carbons (Fsp3) is 0.944. The van der Waals surface area contributed by atoms with Crippen molar-refractivity contribution in [3.05, 3.63) is 0 Å². The van der Waals surface area contributed by atoms with E-state index in [4.69, 9.17) is 4.74 Å². The van der Waals surface area contributed by atoms with Crippen LogP contribution in [-0.4, -0.2) is 63.3 Å². The van der Waals surface area contributed by atoms with Crippen molar-refractivity contribution in [2.75, 3.05) is 52.5 Å². The Morgan fingerprint density at radius 2 is 2.00 bits per heavy atom. The number of aliphatic imine (C=N–C) groups is 1. The fourth-order valence-electron chi connectivity index (χ4n) is 2.67. The van der Waals surface area contributed by atoms with Gasteiger partial charge in [-0.1, -0.05) is 20.8 Å². The highest BCUT2D eigenvalue weighted by Crippen LogP contribution is 2.15. The lowest BCUT2D eigenvalue weighted by Gasteiger charge is -2.29. The molecule has 5 nitrogen and oxygen atoms in total. The minimum atomic E-state index is 0.592.